The normalized spacial score (nSPS) is 23.3. The molecule has 2 heterocycles. The van der Waals surface area contributed by atoms with Gasteiger partial charge >= 0.3 is 0 Å². The third kappa shape index (κ3) is 1.87. The number of nitrogens with one attached hydrogen (secondary N) is 1. The number of aromatic nitrogens is 3. The van der Waals surface area contributed by atoms with Gasteiger partial charge in [-0.05, 0) is 19.4 Å². The van der Waals surface area contributed by atoms with Gasteiger partial charge in [0.15, 0.2) is 0 Å². The summed E-state index contributed by atoms with van der Waals surface area (Å²) in [6.45, 7) is 2.59. The molecule has 0 bridgehead atoms. The summed E-state index contributed by atoms with van der Waals surface area (Å²) in [4.78, 5) is 0. The third-order valence-corrected chi connectivity index (χ3v) is 2.41. The molecule has 1 aliphatic rings. The van der Waals surface area contributed by atoms with Crippen molar-refractivity contribution in [3.63, 3.8) is 0 Å². The molecule has 0 aliphatic carbocycles. The van der Waals surface area contributed by atoms with E-state index in [0.717, 1.165) is 18.8 Å². The molecule has 13 heavy (non-hydrogen) atoms. The molecule has 1 saturated heterocycles. The average Bonchev–Trinajstić information content (AvgIpc) is 2.67. The summed E-state index contributed by atoms with van der Waals surface area (Å²) in [7, 11) is 0. The summed E-state index contributed by atoms with van der Waals surface area (Å²) in [5, 5.41) is 11.4. The van der Waals surface area contributed by atoms with E-state index >= 15 is 0 Å². The first-order valence-electron chi connectivity index (χ1n) is 4.71. The maximum Gasteiger partial charge on any atom is 0.0962 e. The minimum atomic E-state index is 0.460. The van der Waals surface area contributed by atoms with Crippen molar-refractivity contribution in [2.75, 3.05) is 13.1 Å². The van der Waals surface area contributed by atoms with Gasteiger partial charge in [0, 0.05) is 13.1 Å². The van der Waals surface area contributed by atoms with Crippen molar-refractivity contribution in [3.05, 3.63) is 11.9 Å². The first-order chi connectivity index (χ1) is 6.40. The fourth-order valence-corrected chi connectivity index (χ4v) is 1.64. The summed E-state index contributed by atoms with van der Waals surface area (Å²) < 4.78 is 1.92. The maximum absolute atomic E-state index is 5.46. The molecule has 1 aromatic rings. The van der Waals surface area contributed by atoms with Crippen LogP contribution in [0.25, 0.3) is 0 Å². The zero-order valence-electron chi connectivity index (χ0n) is 7.61. The van der Waals surface area contributed by atoms with Crippen LogP contribution in [-0.2, 0) is 6.54 Å². The van der Waals surface area contributed by atoms with Gasteiger partial charge in [0.25, 0.3) is 0 Å². The van der Waals surface area contributed by atoms with E-state index in [9.17, 15) is 0 Å². The maximum atomic E-state index is 5.46. The predicted octanol–water partition coefficient (Wildman–Crippen LogP) is -0.339. The topological polar surface area (TPSA) is 68.8 Å². The number of rotatable bonds is 2. The summed E-state index contributed by atoms with van der Waals surface area (Å²) in [6, 6.07) is 0.460. The molecule has 0 spiro atoms. The van der Waals surface area contributed by atoms with Gasteiger partial charge in [-0.1, -0.05) is 5.21 Å². The van der Waals surface area contributed by atoms with E-state index in [4.69, 9.17) is 5.73 Å². The van der Waals surface area contributed by atoms with Gasteiger partial charge in [-0.15, -0.1) is 5.10 Å². The number of piperidine rings is 1. The van der Waals surface area contributed by atoms with Crippen LogP contribution in [0.4, 0.5) is 0 Å². The van der Waals surface area contributed by atoms with Gasteiger partial charge in [-0.3, -0.25) is 0 Å². The third-order valence-electron chi connectivity index (χ3n) is 2.41. The Morgan fingerprint density at radius 1 is 1.69 bits per heavy atom. The van der Waals surface area contributed by atoms with E-state index in [1.807, 2.05) is 10.9 Å². The minimum absolute atomic E-state index is 0.460. The van der Waals surface area contributed by atoms with Crippen LogP contribution in [-0.4, -0.2) is 28.1 Å². The highest BCUT2D eigenvalue weighted by Crippen LogP contribution is 2.14. The lowest BCUT2D eigenvalue weighted by Crippen LogP contribution is -2.31. The quantitative estimate of drug-likeness (QED) is 0.655. The molecular weight excluding hydrogens is 166 g/mol. The molecule has 0 radical (unpaired) electrons. The lowest BCUT2D eigenvalue weighted by molar-refractivity contribution is 0.341. The molecule has 5 nitrogen and oxygen atoms in total. The zero-order valence-corrected chi connectivity index (χ0v) is 7.61. The van der Waals surface area contributed by atoms with Crippen molar-refractivity contribution in [1.82, 2.24) is 20.3 Å². The largest absolute Gasteiger partial charge is 0.325 e. The predicted molar refractivity (Wildman–Crippen MR) is 49.1 cm³/mol. The van der Waals surface area contributed by atoms with Gasteiger partial charge in [0.1, 0.15) is 0 Å². The Bertz CT molecular complexity index is 263. The molecule has 1 aromatic heterocycles. The second-order valence-electron chi connectivity index (χ2n) is 3.39. The van der Waals surface area contributed by atoms with Crippen LogP contribution >= 0.6 is 0 Å². The van der Waals surface area contributed by atoms with Gasteiger partial charge in [-0.2, -0.15) is 0 Å². The van der Waals surface area contributed by atoms with Crippen LogP contribution in [0.3, 0.4) is 0 Å². The molecule has 72 valence electrons. The molecule has 1 fully saturated rings. The Morgan fingerprint density at radius 2 is 2.62 bits per heavy atom. The fourth-order valence-electron chi connectivity index (χ4n) is 1.64. The highest BCUT2D eigenvalue weighted by Gasteiger charge is 2.15. The van der Waals surface area contributed by atoms with Gasteiger partial charge in [-0.25, -0.2) is 4.68 Å². The molecule has 3 N–H and O–H groups in total. The van der Waals surface area contributed by atoms with Crippen LogP contribution in [0.2, 0.25) is 0 Å². The lowest BCUT2D eigenvalue weighted by atomic mass is 10.1. The van der Waals surface area contributed by atoms with Crippen molar-refractivity contribution >= 4 is 0 Å². The lowest BCUT2D eigenvalue weighted by Gasteiger charge is -2.22. The van der Waals surface area contributed by atoms with Gasteiger partial charge in [0.2, 0.25) is 0 Å². The second-order valence-corrected chi connectivity index (χ2v) is 3.39. The first kappa shape index (κ1) is 8.65. The fraction of sp³-hybridized carbons (Fsp3) is 0.750. The van der Waals surface area contributed by atoms with Crippen molar-refractivity contribution in [2.45, 2.75) is 25.4 Å². The molecule has 1 atom stereocenters. The van der Waals surface area contributed by atoms with E-state index in [0.29, 0.717) is 12.6 Å². The molecule has 0 aromatic carbocycles. The molecular formula is C8H15N5. The Kier molecular flexibility index (Phi) is 2.56. The van der Waals surface area contributed by atoms with E-state index in [2.05, 4.69) is 15.6 Å². The first-order valence-corrected chi connectivity index (χ1v) is 4.71. The van der Waals surface area contributed by atoms with Crippen molar-refractivity contribution in [3.8, 4) is 0 Å². The van der Waals surface area contributed by atoms with Gasteiger partial charge in [0.05, 0.1) is 17.9 Å². The summed E-state index contributed by atoms with van der Waals surface area (Å²) in [5.41, 5.74) is 6.33. The minimum Gasteiger partial charge on any atom is -0.325 e. The monoisotopic (exact) mass is 181 g/mol. The molecule has 1 aliphatic heterocycles. The molecule has 0 saturated carbocycles. The molecule has 0 amide bonds. The van der Waals surface area contributed by atoms with Crippen LogP contribution in [0.15, 0.2) is 6.20 Å². The van der Waals surface area contributed by atoms with Crippen LogP contribution in [0.1, 0.15) is 24.6 Å². The second kappa shape index (κ2) is 3.85. The van der Waals surface area contributed by atoms with Crippen LogP contribution < -0.4 is 11.1 Å². The number of nitrogens with zero attached hydrogens (tertiary/aromatic N) is 3. The Hall–Kier alpha value is -0.940. The molecule has 5 heteroatoms. The van der Waals surface area contributed by atoms with E-state index in [1.165, 1.54) is 12.8 Å². The van der Waals surface area contributed by atoms with Gasteiger partial charge < -0.3 is 11.1 Å². The highest BCUT2D eigenvalue weighted by atomic mass is 15.4. The SMILES string of the molecule is NCc1cn(C2CCCNC2)nn1. The molecule has 1 unspecified atom stereocenters. The summed E-state index contributed by atoms with van der Waals surface area (Å²) >= 11 is 0. The smallest absolute Gasteiger partial charge is 0.0962 e. The highest BCUT2D eigenvalue weighted by molar-refractivity contribution is 4.92. The average molecular weight is 181 g/mol. The van der Waals surface area contributed by atoms with Crippen LogP contribution in [0.5, 0.6) is 0 Å². The van der Waals surface area contributed by atoms with Crippen molar-refractivity contribution in [1.29, 1.82) is 0 Å². The zero-order chi connectivity index (χ0) is 9.10. The standard InChI is InChI=1S/C8H15N5/c9-4-7-6-13(12-11-7)8-2-1-3-10-5-8/h6,8,10H,1-5,9H2. The number of hydrogen-bond donors (Lipinski definition) is 2. The summed E-state index contributed by atoms with van der Waals surface area (Å²) in [6.07, 6.45) is 4.33. The van der Waals surface area contributed by atoms with E-state index < -0.39 is 0 Å². The number of nitrogens with two attached hydrogens (primary N) is 1. The Balaban J connectivity index is 2.05. The molecule has 2 rings (SSSR count). The van der Waals surface area contributed by atoms with E-state index in [-0.39, 0.29) is 0 Å². The number of hydrogen-bond acceptors (Lipinski definition) is 4. The Labute approximate surface area is 77.3 Å². The van der Waals surface area contributed by atoms with Crippen molar-refractivity contribution in [2.24, 2.45) is 5.73 Å². The van der Waals surface area contributed by atoms with Crippen molar-refractivity contribution < 1.29 is 0 Å². The van der Waals surface area contributed by atoms with Crippen LogP contribution in [0, 0.1) is 0 Å². The summed E-state index contributed by atoms with van der Waals surface area (Å²) in [5.74, 6) is 0. The van der Waals surface area contributed by atoms with E-state index in [1.54, 1.807) is 0 Å². The Morgan fingerprint density at radius 3 is 3.23 bits per heavy atom.